The maximum atomic E-state index is 14.3. The van der Waals surface area contributed by atoms with E-state index in [1.807, 2.05) is 36.4 Å². The Morgan fingerprint density at radius 3 is 2.30 bits per heavy atom. The number of anilines is 2. The van der Waals surface area contributed by atoms with Crippen LogP contribution in [0.25, 0.3) is 38.2 Å². The van der Waals surface area contributed by atoms with Crippen molar-refractivity contribution in [3.63, 3.8) is 0 Å². The van der Waals surface area contributed by atoms with Gasteiger partial charge < -0.3 is 0 Å². The smallest absolute Gasteiger partial charge is 0.272 e. The Morgan fingerprint density at radius 1 is 0.744 bits per heavy atom. The van der Waals surface area contributed by atoms with Gasteiger partial charge in [0.05, 0.1) is 17.3 Å². The second-order valence-corrected chi connectivity index (χ2v) is 10.9. The van der Waals surface area contributed by atoms with Crippen molar-refractivity contribution in [1.82, 2.24) is 0 Å². The number of nitrogens with zero attached hydrogens (tertiary/aromatic N) is 2. The molecule has 2 aliphatic rings. The zero-order valence-corrected chi connectivity index (χ0v) is 23.1. The number of hydrogen-bond donors (Lipinski definition) is 0. The van der Waals surface area contributed by atoms with Gasteiger partial charge in [0.25, 0.3) is 0 Å². The average molecular weight is 571 g/mol. The van der Waals surface area contributed by atoms with Gasteiger partial charge in [-0.1, -0.05) is 84.5 Å². The number of halogens is 3. The highest BCUT2D eigenvalue weighted by Crippen LogP contribution is 2.46. The molecule has 0 saturated carbocycles. The minimum atomic E-state index is -5.14. The molecule has 210 valence electrons. The molecule has 0 heterocycles. The molecule has 0 fully saturated rings. The Bertz CT molecular complexity index is 2050. The zero-order chi connectivity index (χ0) is 29.7. The molecule has 0 aliphatic heterocycles. The fourth-order valence-electron chi connectivity index (χ4n) is 6.58. The topological polar surface area (TPSA) is 44.1 Å². The van der Waals surface area contributed by atoms with Crippen LogP contribution in [0.5, 0.6) is 0 Å². The third-order valence-electron chi connectivity index (χ3n) is 8.53. The Balaban J connectivity index is 1.51. The fourth-order valence-corrected chi connectivity index (χ4v) is 6.58. The van der Waals surface area contributed by atoms with Gasteiger partial charge in [0.15, 0.2) is 0 Å². The van der Waals surface area contributed by atoms with Crippen molar-refractivity contribution in [2.45, 2.75) is 31.9 Å². The number of alkyl halides is 3. The van der Waals surface area contributed by atoms with Gasteiger partial charge in [0.1, 0.15) is 0 Å². The number of nitriles is 1. The number of hydrogen-bond acceptors (Lipinski definition) is 2. The molecule has 3 nitrogen and oxygen atoms in total. The Morgan fingerprint density at radius 2 is 1.51 bits per heavy atom. The van der Waals surface area contributed by atoms with Crippen molar-refractivity contribution in [2.24, 2.45) is 0 Å². The predicted octanol–water partition coefficient (Wildman–Crippen LogP) is 9.81. The standard InChI is InChI=1S/C37H25F3N2O/c38-37(39,40)36(43)42(26-16-12-23(22-41)13-17-26)35-28-9-4-2-7-25(28)15-19-34(35)30-11-5-10-29-32-18-14-24-6-1-3-8-27(24)31(32)20-21-33(29)30/h2-5,7-13,15-17,19-21H,1,6,14,18H2. The van der Waals surface area contributed by atoms with E-state index >= 15 is 0 Å². The lowest BCUT2D eigenvalue weighted by atomic mass is 9.79. The van der Waals surface area contributed by atoms with Gasteiger partial charge in [-0.15, -0.1) is 0 Å². The summed E-state index contributed by atoms with van der Waals surface area (Å²) in [5.41, 5.74) is 6.93. The summed E-state index contributed by atoms with van der Waals surface area (Å²) in [4.78, 5) is 14.0. The maximum absolute atomic E-state index is 14.3. The second-order valence-electron chi connectivity index (χ2n) is 10.9. The summed E-state index contributed by atoms with van der Waals surface area (Å²) in [6.45, 7) is 0. The number of carbonyl (C=O) groups is 1. The lowest BCUT2D eigenvalue weighted by Crippen LogP contribution is -2.38. The van der Waals surface area contributed by atoms with Crippen molar-refractivity contribution in [3.05, 3.63) is 125 Å². The summed E-state index contributed by atoms with van der Waals surface area (Å²) in [7, 11) is 0. The average Bonchev–Trinajstić information content (AvgIpc) is 3.04. The molecule has 7 rings (SSSR count). The molecule has 0 saturated heterocycles. The molecule has 2 aliphatic carbocycles. The van der Waals surface area contributed by atoms with E-state index in [4.69, 9.17) is 0 Å². The molecule has 0 atom stereocenters. The monoisotopic (exact) mass is 570 g/mol. The first kappa shape index (κ1) is 26.7. The Hall–Kier alpha value is -5.15. The van der Waals surface area contributed by atoms with Gasteiger partial charge in [-0.05, 0) is 88.4 Å². The molecule has 6 heteroatoms. The molecule has 0 radical (unpaired) electrons. The van der Waals surface area contributed by atoms with Crippen molar-refractivity contribution >= 4 is 44.4 Å². The minimum Gasteiger partial charge on any atom is -0.272 e. The van der Waals surface area contributed by atoms with E-state index in [0.717, 1.165) is 46.9 Å². The van der Waals surface area contributed by atoms with E-state index in [-0.39, 0.29) is 16.9 Å². The van der Waals surface area contributed by atoms with Crippen molar-refractivity contribution in [2.75, 3.05) is 4.90 Å². The van der Waals surface area contributed by atoms with Gasteiger partial charge in [0.2, 0.25) is 0 Å². The molecule has 5 aromatic carbocycles. The maximum Gasteiger partial charge on any atom is 0.472 e. The molecule has 0 unspecified atom stereocenters. The highest BCUT2D eigenvalue weighted by molar-refractivity contribution is 6.16. The third-order valence-corrected chi connectivity index (χ3v) is 8.53. The van der Waals surface area contributed by atoms with Crippen LogP contribution in [0, 0.1) is 11.3 Å². The van der Waals surface area contributed by atoms with E-state index in [1.54, 1.807) is 18.2 Å². The Labute approximate surface area is 246 Å². The highest BCUT2D eigenvalue weighted by atomic mass is 19.4. The number of benzene rings is 5. The molecule has 1 amide bonds. The quantitative estimate of drug-likeness (QED) is 0.217. The lowest BCUT2D eigenvalue weighted by molar-refractivity contribution is -0.169. The molecule has 0 bridgehead atoms. The lowest BCUT2D eigenvalue weighted by Gasteiger charge is -2.29. The number of carbonyl (C=O) groups excluding carboxylic acids is 1. The van der Waals surface area contributed by atoms with E-state index in [9.17, 15) is 23.2 Å². The molecule has 0 N–H and O–H groups in total. The first-order valence-corrected chi connectivity index (χ1v) is 14.2. The van der Waals surface area contributed by atoms with Crippen LogP contribution < -0.4 is 4.90 Å². The van der Waals surface area contributed by atoms with Gasteiger partial charge >= 0.3 is 12.1 Å². The van der Waals surface area contributed by atoms with Gasteiger partial charge in [0, 0.05) is 16.6 Å². The van der Waals surface area contributed by atoms with Crippen LogP contribution in [-0.2, 0) is 11.2 Å². The van der Waals surface area contributed by atoms with E-state index in [2.05, 4.69) is 30.4 Å². The van der Waals surface area contributed by atoms with Crippen LogP contribution in [0.4, 0.5) is 24.5 Å². The molecular weight excluding hydrogens is 545 g/mol. The van der Waals surface area contributed by atoms with Crippen LogP contribution >= 0.6 is 0 Å². The predicted molar refractivity (Wildman–Crippen MR) is 165 cm³/mol. The van der Waals surface area contributed by atoms with Crippen molar-refractivity contribution in [3.8, 4) is 17.2 Å². The van der Waals surface area contributed by atoms with Crippen molar-refractivity contribution < 1.29 is 18.0 Å². The molecule has 0 aromatic heterocycles. The van der Waals surface area contributed by atoms with Gasteiger partial charge in [-0.3, -0.25) is 9.69 Å². The SMILES string of the molecule is N#Cc1ccc(N(C(=O)C(F)(F)F)c2c(-c3cccc4c5c(ccc34)C3=C(CCC=C3)CC5)ccc3ccccc23)cc1. The molecule has 43 heavy (non-hydrogen) atoms. The van der Waals surface area contributed by atoms with Gasteiger partial charge in [-0.2, -0.15) is 18.4 Å². The second kappa shape index (κ2) is 10.3. The van der Waals surface area contributed by atoms with Crippen molar-refractivity contribution in [1.29, 1.82) is 5.26 Å². The number of rotatable bonds is 3. The number of fused-ring (bicyclic) bond motifs is 5. The summed E-state index contributed by atoms with van der Waals surface area (Å²) in [6, 6.07) is 28.5. The van der Waals surface area contributed by atoms with E-state index in [1.165, 1.54) is 46.5 Å². The van der Waals surface area contributed by atoms with Crippen LogP contribution in [-0.4, -0.2) is 12.1 Å². The largest absolute Gasteiger partial charge is 0.472 e. The third kappa shape index (κ3) is 4.49. The molecular formula is C37H25F3N2O. The van der Waals surface area contributed by atoms with E-state index < -0.39 is 12.1 Å². The summed E-state index contributed by atoms with van der Waals surface area (Å²) in [6.07, 6.45) is 3.31. The zero-order valence-electron chi connectivity index (χ0n) is 23.1. The summed E-state index contributed by atoms with van der Waals surface area (Å²) < 4.78 is 42.8. The number of amides is 1. The van der Waals surface area contributed by atoms with Gasteiger partial charge in [-0.25, -0.2) is 0 Å². The van der Waals surface area contributed by atoms with Crippen LogP contribution in [0.3, 0.4) is 0 Å². The first-order chi connectivity index (χ1) is 20.8. The Kier molecular flexibility index (Phi) is 6.40. The van der Waals surface area contributed by atoms with Crippen LogP contribution in [0.1, 0.15) is 36.0 Å². The molecule has 5 aromatic rings. The van der Waals surface area contributed by atoms with Crippen LogP contribution in [0.15, 0.2) is 109 Å². The normalized spacial score (nSPS) is 14.4. The van der Waals surface area contributed by atoms with Crippen LogP contribution in [0.2, 0.25) is 0 Å². The first-order valence-electron chi connectivity index (χ1n) is 14.2. The summed E-state index contributed by atoms with van der Waals surface area (Å²) in [5.74, 6) is -2.00. The molecule has 0 spiro atoms. The number of allylic oxidation sites excluding steroid dienone is 4. The fraction of sp³-hybridized carbons (Fsp3) is 0.135. The summed E-state index contributed by atoms with van der Waals surface area (Å²) >= 11 is 0. The minimum absolute atomic E-state index is 0.0279. The summed E-state index contributed by atoms with van der Waals surface area (Å²) in [5, 5.41) is 12.5. The number of aryl methyl sites for hydroxylation is 1. The van der Waals surface area contributed by atoms with E-state index in [0.29, 0.717) is 16.3 Å². The highest BCUT2D eigenvalue weighted by Gasteiger charge is 2.44.